The highest BCUT2D eigenvalue weighted by atomic mass is 16.6. The standard InChI is InChI=1S/C30H33NO4/c1-30(2,3)35-29(32)31-18-17-24-19-28(34-21-23-13-9-6-10-14-23)27(33-4)20-25(24)26(31)16-15-22-11-7-5-8-12-22/h5-16,19-20,26H,17-18,21H2,1-4H3/b16-15+. The van der Waals surface area contributed by atoms with Gasteiger partial charge in [0.25, 0.3) is 0 Å². The second-order valence-electron chi connectivity index (χ2n) is 9.61. The minimum Gasteiger partial charge on any atom is -0.493 e. The van der Waals surface area contributed by atoms with Crippen LogP contribution in [0.15, 0.2) is 78.9 Å². The van der Waals surface area contributed by atoms with Gasteiger partial charge < -0.3 is 14.2 Å². The number of hydrogen-bond donors (Lipinski definition) is 0. The predicted molar refractivity (Wildman–Crippen MR) is 139 cm³/mol. The van der Waals surface area contributed by atoms with E-state index >= 15 is 0 Å². The van der Waals surface area contributed by atoms with Gasteiger partial charge in [-0.3, -0.25) is 4.90 Å². The average Bonchev–Trinajstić information content (AvgIpc) is 2.85. The third kappa shape index (κ3) is 6.24. The van der Waals surface area contributed by atoms with Crippen molar-refractivity contribution < 1.29 is 19.0 Å². The highest BCUT2D eigenvalue weighted by Crippen LogP contribution is 2.40. The Balaban J connectivity index is 1.67. The maximum absolute atomic E-state index is 13.1. The molecule has 0 saturated carbocycles. The van der Waals surface area contributed by atoms with Crippen molar-refractivity contribution in [2.24, 2.45) is 0 Å². The van der Waals surface area contributed by atoms with E-state index in [4.69, 9.17) is 14.2 Å². The topological polar surface area (TPSA) is 48.0 Å². The first-order valence-corrected chi connectivity index (χ1v) is 11.9. The lowest BCUT2D eigenvalue weighted by Gasteiger charge is -2.37. The van der Waals surface area contributed by atoms with Crippen LogP contribution < -0.4 is 9.47 Å². The first-order chi connectivity index (χ1) is 16.8. The number of fused-ring (bicyclic) bond motifs is 1. The van der Waals surface area contributed by atoms with E-state index in [0.29, 0.717) is 31.1 Å². The summed E-state index contributed by atoms with van der Waals surface area (Å²) < 4.78 is 17.6. The molecule has 1 aliphatic rings. The number of benzene rings is 3. The predicted octanol–water partition coefficient (Wildman–Crippen LogP) is 6.82. The molecule has 1 unspecified atom stereocenters. The van der Waals surface area contributed by atoms with Crippen molar-refractivity contribution in [1.29, 1.82) is 0 Å². The van der Waals surface area contributed by atoms with E-state index < -0.39 is 5.60 Å². The van der Waals surface area contributed by atoms with Crippen LogP contribution in [-0.4, -0.2) is 30.2 Å². The molecule has 5 heteroatoms. The summed E-state index contributed by atoms with van der Waals surface area (Å²) in [5, 5.41) is 0. The highest BCUT2D eigenvalue weighted by Gasteiger charge is 2.33. The zero-order valence-corrected chi connectivity index (χ0v) is 20.9. The van der Waals surface area contributed by atoms with Gasteiger partial charge in [-0.15, -0.1) is 0 Å². The lowest BCUT2D eigenvalue weighted by Crippen LogP contribution is -2.42. The third-order valence-electron chi connectivity index (χ3n) is 5.84. The summed E-state index contributed by atoms with van der Waals surface area (Å²) in [6.45, 7) is 6.67. The van der Waals surface area contributed by atoms with Crippen molar-refractivity contribution >= 4 is 12.2 Å². The Morgan fingerprint density at radius 3 is 2.34 bits per heavy atom. The molecular formula is C30H33NO4. The smallest absolute Gasteiger partial charge is 0.411 e. The number of carbonyl (C=O) groups is 1. The molecule has 182 valence electrons. The molecule has 0 aromatic heterocycles. The largest absolute Gasteiger partial charge is 0.493 e. The molecule has 0 saturated heterocycles. The second-order valence-corrected chi connectivity index (χ2v) is 9.61. The molecule has 1 aliphatic heterocycles. The number of nitrogens with zero attached hydrogens (tertiary/aromatic N) is 1. The monoisotopic (exact) mass is 471 g/mol. The molecule has 4 rings (SSSR count). The van der Waals surface area contributed by atoms with E-state index in [1.807, 2.05) is 99.6 Å². The number of ether oxygens (including phenoxy) is 3. The molecule has 3 aromatic carbocycles. The quantitative estimate of drug-likeness (QED) is 0.396. The van der Waals surface area contributed by atoms with Crippen LogP contribution in [0.2, 0.25) is 0 Å². The molecule has 0 bridgehead atoms. The number of amides is 1. The van der Waals surface area contributed by atoms with Crippen molar-refractivity contribution in [2.75, 3.05) is 13.7 Å². The van der Waals surface area contributed by atoms with E-state index in [1.54, 1.807) is 12.0 Å². The van der Waals surface area contributed by atoms with E-state index in [2.05, 4.69) is 6.08 Å². The first-order valence-electron chi connectivity index (χ1n) is 11.9. The van der Waals surface area contributed by atoms with E-state index in [-0.39, 0.29) is 12.1 Å². The lowest BCUT2D eigenvalue weighted by molar-refractivity contribution is 0.0185. The Labute approximate surface area is 207 Å². The summed E-state index contributed by atoms with van der Waals surface area (Å²) in [6, 6.07) is 23.9. The Morgan fingerprint density at radius 2 is 1.69 bits per heavy atom. The van der Waals surface area contributed by atoms with Gasteiger partial charge >= 0.3 is 6.09 Å². The maximum Gasteiger partial charge on any atom is 0.411 e. The molecule has 0 aliphatic carbocycles. The summed E-state index contributed by atoms with van der Waals surface area (Å²) in [5.41, 5.74) is 3.73. The fourth-order valence-electron chi connectivity index (χ4n) is 4.16. The second kappa shape index (κ2) is 10.7. The van der Waals surface area contributed by atoms with Gasteiger partial charge in [0, 0.05) is 6.54 Å². The summed E-state index contributed by atoms with van der Waals surface area (Å²) in [4.78, 5) is 14.9. The van der Waals surface area contributed by atoms with Gasteiger partial charge in [0.15, 0.2) is 11.5 Å². The molecule has 0 spiro atoms. The molecule has 1 heterocycles. The van der Waals surface area contributed by atoms with Crippen LogP contribution in [0.25, 0.3) is 6.08 Å². The maximum atomic E-state index is 13.1. The van der Waals surface area contributed by atoms with E-state index in [0.717, 1.165) is 22.3 Å². The summed E-state index contributed by atoms with van der Waals surface area (Å²) in [7, 11) is 1.64. The lowest BCUT2D eigenvalue weighted by atomic mass is 9.91. The van der Waals surface area contributed by atoms with Gasteiger partial charge in [-0.25, -0.2) is 4.79 Å². The number of carbonyl (C=O) groups excluding carboxylic acids is 1. The molecule has 0 fully saturated rings. The Kier molecular flexibility index (Phi) is 7.45. The van der Waals surface area contributed by atoms with Gasteiger partial charge in [-0.2, -0.15) is 0 Å². The van der Waals surface area contributed by atoms with Crippen LogP contribution in [0.4, 0.5) is 4.79 Å². The first kappa shape index (κ1) is 24.4. The van der Waals surface area contributed by atoms with Crippen LogP contribution in [0.5, 0.6) is 11.5 Å². The zero-order chi connectivity index (χ0) is 24.8. The van der Waals surface area contributed by atoms with Crippen LogP contribution in [0.3, 0.4) is 0 Å². The molecule has 1 atom stereocenters. The molecule has 5 nitrogen and oxygen atoms in total. The van der Waals surface area contributed by atoms with Gasteiger partial charge in [0.05, 0.1) is 13.2 Å². The Bertz CT molecular complexity index is 1170. The van der Waals surface area contributed by atoms with Crippen molar-refractivity contribution in [2.45, 2.75) is 45.4 Å². The molecule has 35 heavy (non-hydrogen) atoms. The Morgan fingerprint density at radius 1 is 1.00 bits per heavy atom. The summed E-state index contributed by atoms with van der Waals surface area (Å²) in [5.74, 6) is 1.34. The Hall–Kier alpha value is -3.73. The average molecular weight is 472 g/mol. The van der Waals surface area contributed by atoms with Crippen molar-refractivity contribution in [3.05, 3.63) is 101 Å². The molecule has 0 N–H and O–H groups in total. The third-order valence-corrected chi connectivity index (χ3v) is 5.84. The van der Waals surface area contributed by atoms with Gasteiger partial charge in [0.1, 0.15) is 12.2 Å². The van der Waals surface area contributed by atoms with E-state index in [9.17, 15) is 4.79 Å². The highest BCUT2D eigenvalue weighted by molar-refractivity contribution is 5.71. The number of rotatable bonds is 6. The molecule has 0 radical (unpaired) electrons. The SMILES string of the molecule is COc1cc2c(cc1OCc1ccccc1)CCN(C(=O)OC(C)(C)C)C2/C=C/c1ccccc1. The summed E-state index contributed by atoms with van der Waals surface area (Å²) in [6.07, 6.45) is 4.48. The zero-order valence-electron chi connectivity index (χ0n) is 20.9. The minimum atomic E-state index is -0.572. The van der Waals surface area contributed by atoms with Crippen molar-refractivity contribution in [1.82, 2.24) is 4.90 Å². The minimum absolute atomic E-state index is 0.286. The van der Waals surface area contributed by atoms with Gasteiger partial charge in [0.2, 0.25) is 0 Å². The fourth-order valence-corrected chi connectivity index (χ4v) is 4.16. The van der Waals surface area contributed by atoms with Crippen LogP contribution in [0.1, 0.15) is 49.1 Å². The number of methoxy groups -OCH3 is 1. The van der Waals surface area contributed by atoms with Gasteiger partial charge in [-0.1, -0.05) is 72.8 Å². The van der Waals surface area contributed by atoms with E-state index in [1.165, 1.54) is 0 Å². The number of hydrogen-bond acceptors (Lipinski definition) is 4. The normalized spacial score (nSPS) is 15.5. The van der Waals surface area contributed by atoms with Crippen molar-refractivity contribution in [3.63, 3.8) is 0 Å². The van der Waals surface area contributed by atoms with Crippen LogP contribution in [0, 0.1) is 0 Å². The molecular weight excluding hydrogens is 438 g/mol. The molecule has 1 amide bonds. The fraction of sp³-hybridized carbons (Fsp3) is 0.300. The van der Waals surface area contributed by atoms with Crippen LogP contribution in [-0.2, 0) is 17.8 Å². The van der Waals surface area contributed by atoms with Crippen molar-refractivity contribution in [3.8, 4) is 11.5 Å². The van der Waals surface area contributed by atoms with Crippen LogP contribution >= 0.6 is 0 Å². The molecule has 3 aromatic rings. The van der Waals surface area contributed by atoms with Gasteiger partial charge in [-0.05, 0) is 61.6 Å². The summed E-state index contributed by atoms with van der Waals surface area (Å²) >= 11 is 0.